The highest BCUT2D eigenvalue weighted by Gasteiger charge is 2.26. The van der Waals surface area contributed by atoms with Crippen LogP contribution in [0.25, 0.3) is 0 Å². The lowest BCUT2D eigenvalue weighted by Gasteiger charge is -2.27. The van der Waals surface area contributed by atoms with E-state index in [1.165, 1.54) is 5.56 Å². The Balaban J connectivity index is 2.14. The lowest BCUT2D eigenvalue weighted by Crippen LogP contribution is -2.20. The molecule has 20 heavy (non-hydrogen) atoms. The first kappa shape index (κ1) is 12.9. The van der Waals surface area contributed by atoms with Crippen molar-refractivity contribution in [3.05, 3.63) is 65.2 Å². The Hall–Kier alpha value is -2.09. The molecule has 2 aromatic rings. The van der Waals surface area contributed by atoms with Crippen LogP contribution in [-0.4, -0.2) is 5.91 Å². The molecule has 0 bridgehead atoms. The molecule has 0 aliphatic carbocycles. The Kier molecular flexibility index (Phi) is 3.09. The molecule has 1 N–H and O–H groups in total. The summed E-state index contributed by atoms with van der Waals surface area (Å²) in [6.45, 7) is 4.48. The van der Waals surface area contributed by atoms with Crippen LogP contribution < -0.4 is 5.32 Å². The van der Waals surface area contributed by atoms with Crippen LogP contribution in [0.1, 0.15) is 41.8 Å². The van der Waals surface area contributed by atoms with E-state index in [1.807, 2.05) is 36.4 Å². The summed E-state index contributed by atoms with van der Waals surface area (Å²) in [4.78, 5) is 12.5. The summed E-state index contributed by atoms with van der Waals surface area (Å²) in [6, 6.07) is 16.0. The van der Waals surface area contributed by atoms with E-state index in [2.05, 4.69) is 31.3 Å². The quantitative estimate of drug-likeness (QED) is 0.761. The van der Waals surface area contributed by atoms with Gasteiger partial charge in [-0.15, -0.1) is 0 Å². The van der Waals surface area contributed by atoms with Gasteiger partial charge in [0.1, 0.15) is 0 Å². The van der Waals surface area contributed by atoms with Crippen molar-refractivity contribution in [2.75, 3.05) is 5.32 Å². The van der Waals surface area contributed by atoms with Gasteiger partial charge in [-0.2, -0.15) is 0 Å². The van der Waals surface area contributed by atoms with Crippen LogP contribution in [0.5, 0.6) is 0 Å². The summed E-state index contributed by atoms with van der Waals surface area (Å²) in [7, 11) is 0. The molecule has 0 saturated heterocycles. The molecule has 2 nitrogen and oxygen atoms in total. The van der Waals surface area contributed by atoms with E-state index in [9.17, 15) is 4.79 Å². The summed E-state index contributed by atoms with van der Waals surface area (Å²) in [5, 5.41) is 3.08. The number of para-hydroxylation sites is 1. The fourth-order valence-corrected chi connectivity index (χ4v) is 2.91. The molecule has 0 spiro atoms. The third-order valence-electron chi connectivity index (χ3n) is 4.19. The predicted molar refractivity (Wildman–Crippen MR) is 82.2 cm³/mol. The molecule has 0 aromatic heterocycles. The van der Waals surface area contributed by atoms with Gasteiger partial charge in [0.05, 0.1) is 0 Å². The lowest BCUT2D eigenvalue weighted by molar-refractivity contribution is 0.102. The topological polar surface area (TPSA) is 29.1 Å². The average Bonchev–Trinajstić information content (AvgIpc) is 2.49. The number of hydrogen-bond donors (Lipinski definition) is 1. The molecular weight excluding hydrogens is 246 g/mol. The lowest BCUT2D eigenvalue weighted by atomic mass is 9.79. The fourth-order valence-electron chi connectivity index (χ4n) is 2.91. The van der Waals surface area contributed by atoms with Crippen LogP contribution in [0.2, 0.25) is 0 Å². The van der Waals surface area contributed by atoms with Crippen molar-refractivity contribution in [1.29, 1.82) is 0 Å². The summed E-state index contributed by atoms with van der Waals surface area (Å²) < 4.78 is 0. The van der Waals surface area contributed by atoms with Gasteiger partial charge in [-0.05, 0) is 41.5 Å². The van der Waals surface area contributed by atoms with E-state index in [1.54, 1.807) is 0 Å². The smallest absolute Gasteiger partial charge is 0.255 e. The number of rotatable bonds is 0. The average molecular weight is 265 g/mol. The number of nitrogens with one attached hydrogen (secondary N) is 1. The fraction of sp³-hybridized carbons (Fsp3) is 0.278. The Morgan fingerprint density at radius 1 is 1.00 bits per heavy atom. The molecule has 1 heterocycles. The van der Waals surface area contributed by atoms with Gasteiger partial charge in [0.15, 0.2) is 0 Å². The molecule has 0 saturated carbocycles. The maximum Gasteiger partial charge on any atom is 0.255 e. The molecule has 0 fully saturated rings. The van der Waals surface area contributed by atoms with Gasteiger partial charge in [0.25, 0.3) is 5.91 Å². The molecular formula is C18H19NO. The van der Waals surface area contributed by atoms with Gasteiger partial charge in [-0.3, -0.25) is 4.79 Å². The van der Waals surface area contributed by atoms with Crippen molar-refractivity contribution in [3.63, 3.8) is 0 Å². The zero-order valence-electron chi connectivity index (χ0n) is 11.9. The number of carbonyl (C=O) groups excluding carboxylic acids is 1. The Morgan fingerprint density at radius 3 is 2.55 bits per heavy atom. The maximum atomic E-state index is 12.5. The molecule has 2 aromatic carbocycles. The molecule has 3 rings (SSSR count). The Morgan fingerprint density at radius 2 is 1.70 bits per heavy atom. The van der Waals surface area contributed by atoms with Crippen LogP contribution in [0.3, 0.4) is 0 Å². The molecule has 0 radical (unpaired) electrons. The van der Waals surface area contributed by atoms with E-state index in [0.29, 0.717) is 0 Å². The minimum Gasteiger partial charge on any atom is -0.322 e. The first-order valence-electron chi connectivity index (χ1n) is 7.07. The number of hydrogen-bond acceptors (Lipinski definition) is 1. The van der Waals surface area contributed by atoms with Crippen LogP contribution in [0.4, 0.5) is 5.69 Å². The van der Waals surface area contributed by atoms with Gasteiger partial charge in [-0.25, -0.2) is 0 Å². The Bertz CT molecular complexity index is 658. The van der Waals surface area contributed by atoms with Crippen LogP contribution in [-0.2, 0) is 11.8 Å². The third-order valence-corrected chi connectivity index (χ3v) is 4.19. The second-order valence-electron chi connectivity index (χ2n) is 6.04. The molecule has 1 amide bonds. The second-order valence-corrected chi connectivity index (χ2v) is 6.04. The van der Waals surface area contributed by atoms with Crippen molar-refractivity contribution < 1.29 is 4.79 Å². The van der Waals surface area contributed by atoms with Gasteiger partial charge >= 0.3 is 0 Å². The normalized spacial score (nSPS) is 17.0. The van der Waals surface area contributed by atoms with Crippen molar-refractivity contribution in [3.8, 4) is 0 Å². The van der Waals surface area contributed by atoms with E-state index < -0.39 is 0 Å². The highest BCUT2D eigenvalue weighted by atomic mass is 16.1. The maximum absolute atomic E-state index is 12.5. The summed E-state index contributed by atoms with van der Waals surface area (Å²) >= 11 is 0. The van der Waals surface area contributed by atoms with Gasteiger partial charge < -0.3 is 5.32 Å². The molecule has 1 aliphatic rings. The van der Waals surface area contributed by atoms with Crippen LogP contribution in [0.15, 0.2) is 48.5 Å². The van der Waals surface area contributed by atoms with E-state index in [4.69, 9.17) is 0 Å². The van der Waals surface area contributed by atoms with E-state index >= 15 is 0 Å². The third kappa shape index (κ3) is 2.22. The number of carbonyl (C=O) groups is 1. The van der Waals surface area contributed by atoms with Crippen molar-refractivity contribution >= 4 is 11.6 Å². The number of benzene rings is 2. The number of aryl methyl sites for hydroxylation is 1. The molecule has 1 aliphatic heterocycles. The minimum atomic E-state index is -0.00856. The summed E-state index contributed by atoms with van der Waals surface area (Å²) in [5.41, 5.74) is 4.10. The van der Waals surface area contributed by atoms with Crippen LogP contribution >= 0.6 is 0 Å². The molecule has 2 heteroatoms. The largest absolute Gasteiger partial charge is 0.322 e. The number of anilines is 1. The first-order chi connectivity index (χ1) is 9.58. The van der Waals surface area contributed by atoms with E-state index in [0.717, 1.165) is 29.7 Å². The first-order valence-corrected chi connectivity index (χ1v) is 7.07. The van der Waals surface area contributed by atoms with Gasteiger partial charge in [0.2, 0.25) is 0 Å². The second kappa shape index (κ2) is 4.78. The van der Waals surface area contributed by atoms with E-state index in [-0.39, 0.29) is 11.3 Å². The van der Waals surface area contributed by atoms with Crippen molar-refractivity contribution in [2.24, 2.45) is 0 Å². The molecule has 0 unspecified atom stereocenters. The standard InChI is InChI=1S/C18H19NO/c1-18(2)12-11-13-7-3-4-8-14(13)17(20)19-16-10-6-5-9-15(16)18/h3-10H,11-12H2,1-2H3,(H,19,20). The van der Waals surface area contributed by atoms with Gasteiger partial charge in [-0.1, -0.05) is 50.2 Å². The van der Waals surface area contributed by atoms with Crippen molar-refractivity contribution in [2.45, 2.75) is 32.1 Å². The highest BCUT2D eigenvalue weighted by Crippen LogP contribution is 2.35. The highest BCUT2D eigenvalue weighted by molar-refractivity contribution is 6.05. The molecule has 0 atom stereocenters. The monoisotopic (exact) mass is 265 g/mol. The summed E-state index contributed by atoms with van der Waals surface area (Å²) in [6.07, 6.45) is 1.95. The van der Waals surface area contributed by atoms with Gasteiger partial charge in [0, 0.05) is 11.3 Å². The predicted octanol–water partition coefficient (Wildman–Crippen LogP) is 4.16. The van der Waals surface area contributed by atoms with Crippen LogP contribution in [0, 0.1) is 0 Å². The zero-order valence-corrected chi connectivity index (χ0v) is 11.9. The summed E-state index contributed by atoms with van der Waals surface area (Å²) in [5.74, 6) is -0.00856. The number of fused-ring (bicyclic) bond motifs is 2. The minimum absolute atomic E-state index is 0.00856. The van der Waals surface area contributed by atoms with Crippen molar-refractivity contribution in [1.82, 2.24) is 0 Å². The molecule has 102 valence electrons. The zero-order chi connectivity index (χ0) is 14.2. The SMILES string of the molecule is CC1(C)CCc2ccccc2C(=O)Nc2ccccc21. The Labute approximate surface area is 119 Å². The number of amides is 1.